The minimum absolute atomic E-state index is 0.00824. The van der Waals surface area contributed by atoms with E-state index in [0.717, 1.165) is 66.6 Å². The van der Waals surface area contributed by atoms with Crippen LogP contribution >= 0.6 is 0 Å². The summed E-state index contributed by atoms with van der Waals surface area (Å²) >= 11 is 0. The highest BCUT2D eigenvalue weighted by Crippen LogP contribution is 2.42. The van der Waals surface area contributed by atoms with Gasteiger partial charge in [-0.1, -0.05) is 26.0 Å². The Hall–Kier alpha value is -3.32. The summed E-state index contributed by atoms with van der Waals surface area (Å²) in [6.07, 6.45) is 6.05. The number of benzene rings is 2. The Morgan fingerprint density at radius 3 is 2.63 bits per heavy atom. The Bertz CT molecular complexity index is 1270. The van der Waals surface area contributed by atoms with E-state index in [1.165, 1.54) is 5.56 Å². The number of fused-ring (bicyclic) bond motifs is 1. The highest BCUT2D eigenvalue weighted by atomic mass is 16.5. The third-order valence-corrected chi connectivity index (χ3v) is 8.09. The number of piperidine rings is 1. The van der Waals surface area contributed by atoms with E-state index in [1.807, 2.05) is 41.4 Å². The zero-order valence-electron chi connectivity index (χ0n) is 22.7. The van der Waals surface area contributed by atoms with Gasteiger partial charge >= 0.3 is 0 Å². The van der Waals surface area contributed by atoms with Gasteiger partial charge in [-0.25, -0.2) is 0 Å². The summed E-state index contributed by atoms with van der Waals surface area (Å²) in [6.45, 7) is 7.13. The van der Waals surface area contributed by atoms with Gasteiger partial charge in [0.25, 0.3) is 5.91 Å². The molecule has 2 fully saturated rings. The van der Waals surface area contributed by atoms with Gasteiger partial charge in [-0.3, -0.25) is 9.59 Å². The van der Waals surface area contributed by atoms with Gasteiger partial charge in [0, 0.05) is 48.4 Å². The molecule has 0 radical (unpaired) electrons. The first-order chi connectivity index (χ1) is 18.3. The van der Waals surface area contributed by atoms with Crippen LogP contribution in [0.25, 0.3) is 10.9 Å². The van der Waals surface area contributed by atoms with Gasteiger partial charge in [-0.2, -0.15) is 0 Å². The number of carbonyl (C=O) groups is 2. The molecule has 7 nitrogen and oxygen atoms in total. The molecule has 7 heteroatoms. The number of aromatic amines is 1. The van der Waals surface area contributed by atoms with E-state index in [4.69, 9.17) is 9.47 Å². The monoisotopic (exact) mass is 517 g/mol. The summed E-state index contributed by atoms with van der Waals surface area (Å²) in [7, 11) is 1.64. The van der Waals surface area contributed by atoms with Crippen molar-refractivity contribution in [2.75, 3.05) is 33.4 Å². The maximum Gasteiger partial charge on any atom is 0.253 e. The fourth-order valence-corrected chi connectivity index (χ4v) is 5.90. The maximum atomic E-state index is 13.1. The zero-order chi connectivity index (χ0) is 26.7. The number of hydrogen-bond donors (Lipinski definition) is 2. The van der Waals surface area contributed by atoms with Crippen molar-refractivity contribution in [3.05, 3.63) is 65.4 Å². The molecule has 2 saturated heterocycles. The molecule has 0 saturated carbocycles. The van der Waals surface area contributed by atoms with Gasteiger partial charge in [0.2, 0.25) is 5.91 Å². The molecule has 3 aromatic rings. The van der Waals surface area contributed by atoms with Crippen LogP contribution in [0.15, 0.2) is 48.7 Å². The molecule has 1 aromatic heterocycles. The fraction of sp³-hybridized carbons (Fsp3) is 0.484. The molecule has 3 heterocycles. The van der Waals surface area contributed by atoms with Crippen LogP contribution in [0.5, 0.6) is 5.75 Å². The third-order valence-electron chi connectivity index (χ3n) is 8.09. The molecule has 1 unspecified atom stereocenters. The number of nitrogens with one attached hydrogen (secondary N) is 2. The van der Waals surface area contributed by atoms with Gasteiger partial charge < -0.3 is 24.7 Å². The van der Waals surface area contributed by atoms with Gasteiger partial charge in [0.15, 0.2) is 0 Å². The third kappa shape index (κ3) is 5.88. The second kappa shape index (κ2) is 11.2. The van der Waals surface area contributed by atoms with Crippen LogP contribution < -0.4 is 10.1 Å². The molecule has 2 N–H and O–H groups in total. The van der Waals surface area contributed by atoms with Gasteiger partial charge in [0.1, 0.15) is 5.75 Å². The first-order valence-corrected chi connectivity index (χ1v) is 13.7. The van der Waals surface area contributed by atoms with Crippen molar-refractivity contribution in [2.24, 2.45) is 11.3 Å². The van der Waals surface area contributed by atoms with Crippen LogP contribution in [-0.2, 0) is 22.4 Å². The smallest absolute Gasteiger partial charge is 0.253 e. The molecular weight excluding hydrogens is 478 g/mol. The molecule has 1 atom stereocenters. The summed E-state index contributed by atoms with van der Waals surface area (Å²) in [5, 5.41) is 4.10. The van der Waals surface area contributed by atoms with E-state index in [-0.39, 0.29) is 23.3 Å². The van der Waals surface area contributed by atoms with Crippen LogP contribution in [-0.4, -0.2) is 61.2 Å². The number of H-pyrrole nitrogens is 1. The minimum atomic E-state index is -0.00824. The van der Waals surface area contributed by atoms with Crippen LogP contribution in [0.1, 0.15) is 54.6 Å². The van der Waals surface area contributed by atoms with Crippen molar-refractivity contribution in [1.82, 2.24) is 15.2 Å². The number of ether oxygens (including phenoxy) is 2. The standard InChI is InChI=1S/C31H39N3O4/c1-21(2)14-22-4-6-23(7-5-22)30(36)34-12-10-31(11-13-34)17-26(38-20-31)19-33-29(35)15-24-18-32-28-16-25(37-3)8-9-27(24)28/h4-9,16,18,21,26,32H,10-15,17,19-20H2,1-3H3,(H,33,35). The van der Waals surface area contributed by atoms with E-state index < -0.39 is 0 Å². The lowest BCUT2D eigenvalue weighted by Gasteiger charge is -2.38. The molecule has 0 bridgehead atoms. The van der Waals surface area contributed by atoms with E-state index in [9.17, 15) is 9.59 Å². The highest BCUT2D eigenvalue weighted by Gasteiger charge is 2.43. The van der Waals surface area contributed by atoms with Gasteiger partial charge in [-0.15, -0.1) is 0 Å². The Morgan fingerprint density at radius 2 is 1.92 bits per heavy atom. The van der Waals surface area contributed by atoms with Gasteiger partial charge in [-0.05, 0) is 72.4 Å². The van der Waals surface area contributed by atoms with Crippen molar-refractivity contribution in [2.45, 2.75) is 52.1 Å². The molecule has 202 valence electrons. The molecule has 2 aliphatic rings. The normalized spacial score (nSPS) is 18.8. The average Bonchev–Trinajstić information content (AvgIpc) is 3.51. The first kappa shape index (κ1) is 26.3. The summed E-state index contributed by atoms with van der Waals surface area (Å²) < 4.78 is 11.4. The second-order valence-corrected chi connectivity index (χ2v) is 11.4. The minimum Gasteiger partial charge on any atom is -0.497 e. The Labute approximate surface area is 224 Å². The molecule has 0 aliphatic carbocycles. The number of aromatic nitrogens is 1. The number of likely N-dealkylation sites (tertiary alicyclic amines) is 1. The summed E-state index contributed by atoms with van der Waals surface area (Å²) in [4.78, 5) is 30.9. The predicted octanol–water partition coefficient (Wildman–Crippen LogP) is 4.75. The molecular formula is C31H39N3O4. The Kier molecular flexibility index (Phi) is 7.75. The largest absolute Gasteiger partial charge is 0.497 e. The molecule has 5 rings (SSSR count). The zero-order valence-corrected chi connectivity index (χ0v) is 22.7. The lowest BCUT2D eigenvalue weighted by molar-refractivity contribution is -0.120. The fourth-order valence-electron chi connectivity index (χ4n) is 5.90. The summed E-state index contributed by atoms with van der Waals surface area (Å²) in [6, 6.07) is 13.9. The molecule has 2 aliphatic heterocycles. The summed E-state index contributed by atoms with van der Waals surface area (Å²) in [5.41, 5.74) is 4.07. The van der Waals surface area contributed by atoms with Crippen molar-refractivity contribution in [3.63, 3.8) is 0 Å². The first-order valence-electron chi connectivity index (χ1n) is 13.7. The number of methoxy groups -OCH3 is 1. The van der Waals surface area contributed by atoms with E-state index in [1.54, 1.807) is 7.11 Å². The van der Waals surface area contributed by atoms with Crippen LogP contribution in [0.3, 0.4) is 0 Å². The highest BCUT2D eigenvalue weighted by molar-refractivity contribution is 5.94. The van der Waals surface area contributed by atoms with Crippen molar-refractivity contribution < 1.29 is 19.1 Å². The lowest BCUT2D eigenvalue weighted by atomic mass is 9.76. The van der Waals surface area contributed by atoms with Crippen LogP contribution in [0.2, 0.25) is 0 Å². The number of hydrogen-bond acceptors (Lipinski definition) is 4. The molecule has 2 aromatic carbocycles. The number of nitrogens with zero attached hydrogens (tertiary/aromatic N) is 1. The van der Waals surface area contributed by atoms with Crippen LogP contribution in [0.4, 0.5) is 0 Å². The Balaban J connectivity index is 1.08. The molecule has 38 heavy (non-hydrogen) atoms. The van der Waals surface area contributed by atoms with E-state index in [0.29, 0.717) is 25.5 Å². The second-order valence-electron chi connectivity index (χ2n) is 11.4. The Morgan fingerprint density at radius 1 is 1.16 bits per heavy atom. The average molecular weight is 518 g/mol. The van der Waals surface area contributed by atoms with E-state index in [2.05, 4.69) is 36.3 Å². The number of carbonyl (C=O) groups excluding carboxylic acids is 2. The van der Waals surface area contributed by atoms with Crippen LogP contribution in [0, 0.1) is 11.3 Å². The number of rotatable bonds is 8. The van der Waals surface area contributed by atoms with Crippen molar-refractivity contribution in [1.29, 1.82) is 0 Å². The SMILES string of the molecule is COc1ccc2c(CC(=O)NCC3CC4(CCN(C(=O)c5ccc(CC(C)C)cc5)CC4)CO3)c[nH]c2c1. The molecule has 2 amide bonds. The predicted molar refractivity (Wildman–Crippen MR) is 148 cm³/mol. The quantitative estimate of drug-likeness (QED) is 0.452. The molecule has 1 spiro atoms. The maximum absolute atomic E-state index is 13.1. The van der Waals surface area contributed by atoms with Crippen molar-refractivity contribution in [3.8, 4) is 5.75 Å². The topological polar surface area (TPSA) is 83.7 Å². The van der Waals surface area contributed by atoms with Crippen molar-refractivity contribution >= 4 is 22.7 Å². The number of amides is 2. The van der Waals surface area contributed by atoms with E-state index >= 15 is 0 Å². The summed E-state index contributed by atoms with van der Waals surface area (Å²) in [5.74, 6) is 1.50. The lowest BCUT2D eigenvalue weighted by Crippen LogP contribution is -2.43. The van der Waals surface area contributed by atoms with Gasteiger partial charge in [0.05, 0.1) is 26.2 Å².